The molecule has 0 saturated heterocycles. The van der Waals surface area contributed by atoms with Crippen molar-refractivity contribution in [2.24, 2.45) is 23.7 Å². The van der Waals surface area contributed by atoms with Gasteiger partial charge in [-0.2, -0.15) is 0 Å². The Balaban J connectivity index is 2.55. The number of aliphatic hydroxyl groups is 2. The SMILES string of the molecule is CC1CC[C@@H](C(C)C)[C@H](C(=O)OCC(O)CO)C1. The monoisotopic (exact) mass is 258 g/mol. The summed E-state index contributed by atoms with van der Waals surface area (Å²) in [6.45, 7) is 5.97. The van der Waals surface area contributed by atoms with Crippen LogP contribution in [-0.2, 0) is 9.53 Å². The van der Waals surface area contributed by atoms with Gasteiger partial charge in [-0.05, 0) is 30.6 Å². The van der Waals surface area contributed by atoms with Crippen LogP contribution in [0.2, 0.25) is 0 Å². The molecule has 0 bridgehead atoms. The Kier molecular flexibility index (Phi) is 6.09. The van der Waals surface area contributed by atoms with E-state index >= 15 is 0 Å². The van der Waals surface area contributed by atoms with Crippen LogP contribution in [0.3, 0.4) is 0 Å². The summed E-state index contributed by atoms with van der Waals surface area (Å²) in [5, 5.41) is 17.9. The van der Waals surface area contributed by atoms with Crippen molar-refractivity contribution in [3.05, 3.63) is 0 Å². The molecule has 1 aliphatic carbocycles. The predicted molar refractivity (Wildman–Crippen MR) is 68.9 cm³/mol. The van der Waals surface area contributed by atoms with Gasteiger partial charge >= 0.3 is 5.97 Å². The Bertz CT molecular complexity index is 265. The Morgan fingerprint density at radius 1 is 1.39 bits per heavy atom. The van der Waals surface area contributed by atoms with Gasteiger partial charge in [0.25, 0.3) is 0 Å². The highest BCUT2D eigenvalue weighted by Gasteiger charge is 2.36. The quantitative estimate of drug-likeness (QED) is 0.735. The van der Waals surface area contributed by atoms with E-state index in [0.29, 0.717) is 17.8 Å². The first kappa shape index (κ1) is 15.4. The number of carbonyl (C=O) groups is 1. The van der Waals surface area contributed by atoms with Crippen molar-refractivity contribution in [3.8, 4) is 0 Å². The van der Waals surface area contributed by atoms with Gasteiger partial charge in [0.05, 0.1) is 12.5 Å². The summed E-state index contributed by atoms with van der Waals surface area (Å²) < 4.78 is 5.11. The molecule has 0 heterocycles. The van der Waals surface area contributed by atoms with Gasteiger partial charge in [-0.1, -0.05) is 27.2 Å². The van der Waals surface area contributed by atoms with E-state index in [0.717, 1.165) is 12.8 Å². The van der Waals surface area contributed by atoms with Gasteiger partial charge in [0.2, 0.25) is 0 Å². The number of aliphatic hydroxyl groups excluding tert-OH is 2. The maximum absolute atomic E-state index is 12.1. The molecule has 2 N–H and O–H groups in total. The maximum atomic E-state index is 12.1. The summed E-state index contributed by atoms with van der Waals surface area (Å²) in [6, 6.07) is 0. The zero-order valence-corrected chi connectivity index (χ0v) is 11.6. The molecule has 0 aliphatic heterocycles. The fourth-order valence-electron chi connectivity index (χ4n) is 2.81. The molecule has 106 valence electrons. The van der Waals surface area contributed by atoms with Gasteiger partial charge in [0, 0.05) is 0 Å². The molecule has 0 aromatic heterocycles. The molecule has 0 amide bonds. The zero-order chi connectivity index (χ0) is 13.7. The molecule has 2 unspecified atom stereocenters. The number of ether oxygens (including phenoxy) is 1. The van der Waals surface area contributed by atoms with Gasteiger partial charge in [0.15, 0.2) is 0 Å². The fourth-order valence-corrected chi connectivity index (χ4v) is 2.81. The molecule has 0 aromatic rings. The molecule has 1 saturated carbocycles. The van der Waals surface area contributed by atoms with E-state index in [1.807, 2.05) is 0 Å². The lowest BCUT2D eigenvalue weighted by Crippen LogP contribution is -2.35. The van der Waals surface area contributed by atoms with Crippen LogP contribution < -0.4 is 0 Å². The number of hydrogen-bond donors (Lipinski definition) is 2. The predicted octanol–water partition coefficient (Wildman–Crippen LogP) is 1.59. The van der Waals surface area contributed by atoms with Gasteiger partial charge in [-0.15, -0.1) is 0 Å². The lowest BCUT2D eigenvalue weighted by molar-refractivity contribution is -0.157. The first-order chi connectivity index (χ1) is 8.45. The third kappa shape index (κ3) is 4.25. The molecule has 0 spiro atoms. The highest BCUT2D eigenvalue weighted by atomic mass is 16.5. The van der Waals surface area contributed by atoms with Gasteiger partial charge in [-0.25, -0.2) is 0 Å². The van der Waals surface area contributed by atoms with Crippen molar-refractivity contribution >= 4 is 5.97 Å². The lowest BCUT2D eigenvalue weighted by Gasteiger charge is -2.35. The van der Waals surface area contributed by atoms with E-state index in [1.165, 1.54) is 6.42 Å². The standard InChI is InChI=1S/C14H26O4/c1-9(2)12-5-4-10(3)6-13(12)14(17)18-8-11(16)7-15/h9-13,15-16H,4-8H2,1-3H3/t10?,11?,12-,13+/m0/s1. The molecule has 0 radical (unpaired) electrons. The van der Waals surface area contributed by atoms with Crippen molar-refractivity contribution < 1.29 is 19.7 Å². The van der Waals surface area contributed by atoms with E-state index in [1.54, 1.807) is 0 Å². The van der Waals surface area contributed by atoms with Crippen LogP contribution in [0, 0.1) is 23.7 Å². The minimum absolute atomic E-state index is 0.0559. The number of hydrogen-bond acceptors (Lipinski definition) is 4. The van der Waals surface area contributed by atoms with Gasteiger partial charge in [-0.3, -0.25) is 4.79 Å². The Morgan fingerprint density at radius 3 is 2.61 bits per heavy atom. The molecule has 4 nitrogen and oxygen atoms in total. The molecule has 0 aromatic carbocycles. The van der Waals surface area contributed by atoms with Crippen LogP contribution in [0.4, 0.5) is 0 Å². The number of rotatable bonds is 5. The van der Waals surface area contributed by atoms with Crippen LogP contribution in [0.1, 0.15) is 40.0 Å². The average molecular weight is 258 g/mol. The molecule has 1 fully saturated rings. The second kappa shape index (κ2) is 7.10. The Hall–Kier alpha value is -0.610. The molecular formula is C14H26O4. The summed E-state index contributed by atoms with van der Waals surface area (Å²) in [7, 11) is 0. The molecule has 18 heavy (non-hydrogen) atoms. The van der Waals surface area contributed by atoms with Crippen LogP contribution >= 0.6 is 0 Å². The van der Waals surface area contributed by atoms with Crippen molar-refractivity contribution in [2.45, 2.75) is 46.1 Å². The lowest BCUT2D eigenvalue weighted by atomic mass is 9.70. The second-order valence-corrected chi connectivity index (χ2v) is 5.90. The third-order valence-corrected chi connectivity index (χ3v) is 3.95. The van der Waals surface area contributed by atoms with Crippen LogP contribution in [0.15, 0.2) is 0 Å². The van der Waals surface area contributed by atoms with E-state index in [-0.39, 0.29) is 25.1 Å². The van der Waals surface area contributed by atoms with E-state index in [9.17, 15) is 9.90 Å². The Labute approximate surface area is 109 Å². The molecule has 1 rings (SSSR count). The topological polar surface area (TPSA) is 66.8 Å². The largest absolute Gasteiger partial charge is 0.463 e. The van der Waals surface area contributed by atoms with Crippen LogP contribution in [-0.4, -0.2) is 35.5 Å². The highest BCUT2D eigenvalue weighted by molar-refractivity contribution is 5.73. The smallest absolute Gasteiger partial charge is 0.309 e. The molecule has 4 heteroatoms. The van der Waals surface area contributed by atoms with Gasteiger partial charge < -0.3 is 14.9 Å². The minimum Gasteiger partial charge on any atom is -0.463 e. The number of esters is 1. The summed E-state index contributed by atoms with van der Waals surface area (Å²) in [4.78, 5) is 12.1. The molecule has 4 atom stereocenters. The van der Waals surface area contributed by atoms with Crippen molar-refractivity contribution in [2.75, 3.05) is 13.2 Å². The van der Waals surface area contributed by atoms with E-state index in [2.05, 4.69) is 20.8 Å². The average Bonchev–Trinajstić information content (AvgIpc) is 2.34. The molecule has 1 aliphatic rings. The summed E-state index contributed by atoms with van der Waals surface area (Å²) in [5.74, 6) is 1.13. The molecular weight excluding hydrogens is 232 g/mol. The van der Waals surface area contributed by atoms with Crippen molar-refractivity contribution in [1.29, 1.82) is 0 Å². The maximum Gasteiger partial charge on any atom is 0.309 e. The fraction of sp³-hybridized carbons (Fsp3) is 0.929. The highest BCUT2D eigenvalue weighted by Crippen LogP contribution is 2.38. The minimum atomic E-state index is -0.965. The van der Waals surface area contributed by atoms with Crippen LogP contribution in [0.5, 0.6) is 0 Å². The summed E-state index contributed by atoms with van der Waals surface area (Å²) in [6.07, 6.45) is 2.15. The first-order valence-electron chi connectivity index (χ1n) is 6.91. The second-order valence-electron chi connectivity index (χ2n) is 5.90. The van der Waals surface area contributed by atoms with Gasteiger partial charge in [0.1, 0.15) is 12.7 Å². The summed E-state index contributed by atoms with van der Waals surface area (Å²) in [5.41, 5.74) is 0. The zero-order valence-electron chi connectivity index (χ0n) is 11.6. The number of carbonyl (C=O) groups excluding carboxylic acids is 1. The van der Waals surface area contributed by atoms with Crippen LogP contribution in [0.25, 0.3) is 0 Å². The summed E-state index contributed by atoms with van der Waals surface area (Å²) >= 11 is 0. The Morgan fingerprint density at radius 2 is 2.06 bits per heavy atom. The first-order valence-corrected chi connectivity index (χ1v) is 6.91. The van der Waals surface area contributed by atoms with E-state index < -0.39 is 6.10 Å². The van der Waals surface area contributed by atoms with Crippen molar-refractivity contribution in [1.82, 2.24) is 0 Å². The third-order valence-electron chi connectivity index (χ3n) is 3.95. The normalized spacial score (nSPS) is 30.2. The van der Waals surface area contributed by atoms with Crippen molar-refractivity contribution in [3.63, 3.8) is 0 Å². The van der Waals surface area contributed by atoms with E-state index in [4.69, 9.17) is 9.84 Å².